The molecule has 3 aromatic rings. The topological polar surface area (TPSA) is 18.5 Å². The zero-order chi connectivity index (χ0) is 16.9. The zero-order valence-electron chi connectivity index (χ0n) is 13.6. The van der Waals surface area contributed by atoms with Gasteiger partial charge in [-0.15, -0.1) is 0 Å². The van der Waals surface area contributed by atoms with E-state index in [0.717, 1.165) is 11.5 Å². The van der Waals surface area contributed by atoms with Crippen LogP contribution in [0.4, 0.5) is 4.39 Å². The van der Waals surface area contributed by atoms with Crippen LogP contribution in [0, 0.1) is 5.82 Å². The third kappa shape index (κ3) is 3.76. The molecule has 0 saturated heterocycles. The molecule has 0 spiro atoms. The maximum absolute atomic E-state index is 13.3. The number of benzene rings is 3. The molecule has 2 nitrogen and oxygen atoms in total. The summed E-state index contributed by atoms with van der Waals surface area (Å²) in [5.74, 6) is 1.49. The molecule has 0 aliphatic carbocycles. The van der Waals surface area contributed by atoms with Gasteiger partial charge in [0.2, 0.25) is 0 Å². The molecule has 4 heteroatoms. The van der Waals surface area contributed by atoms with Crippen LogP contribution in [0.5, 0.6) is 11.5 Å². The van der Waals surface area contributed by atoms with Gasteiger partial charge in [-0.2, -0.15) is 0 Å². The number of halogens is 1. The van der Waals surface area contributed by atoms with Crippen molar-refractivity contribution >= 4 is 31.6 Å². The van der Waals surface area contributed by atoms with Crippen molar-refractivity contribution in [2.45, 2.75) is 0 Å². The number of hydrogen-bond acceptors (Lipinski definition) is 2. The first-order valence-electron chi connectivity index (χ1n) is 7.55. The first-order chi connectivity index (χ1) is 11.7. The van der Waals surface area contributed by atoms with E-state index in [0.29, 0.717) is 0 Å². The van der Waals surface area contributed by atoms with Crippen molar-refractivity contribution in [3.8, 4) is 11.5 Å². The molecule has 0 bridgehead atoms. The fourth-order valence-corrected chi connectivity index (χ4v) is 11.2. The molecule has 0 aliphatic rings. The fourth-order valence-electron chi connectivity index (χ4n) is 2.50. The second-order valence-corrected chi connectivity index (χ2v) is 13.8. The molecule has 0 radical (unpaired) electrons. The van der Waals surface area contributed by atoms with E-state index >= 15 is 0 Å². The van der Waals surface area contributed by atoms with Gasteiger partial charge in [0.05, 0.1) is 0 Å². The van der Waals surface area contributed by atoms with Gasteiger partial charge in [-0.05, 0) is 0 Å². The molecule has 0 aromatic heterocycles. The molecule has 0 unspecified atom stereocenters. The summed E-state index contributed by atoms with van der Waals surface area (Å²) in [4.78, 5) is 0. The van der Waals surface area contributed by atoms with Gasteiger partial charge >= 0.3 is 150 Å². The molecule has 3 aromatic carbocycles. The van der Waals surface area contributed by atoms with Crippen LogP contribution in [0.25, 0.3) is 0 Å². The van der Waals surface area contributed by atoms with Crippen LogP contribution >= 0.6 is 0 Å². The van der Waals surface area contributed by atoms with Crippen LogP contribution in [0.15, 0.2) is 72.8 Å². The van der Waals surface area contributed by atoms with Gasteiger partial charge < -0.3 is 0 Å². The normalized spacial score (nSPS) is 10.7. The van der Waals surface area contributed by atoms with E-state index < -0.39 is 21.8 Å². The molecule has 0 amide bonds. The summed E-state index contributed by atoms with van der Waals surface area (Å²) in [5.41, 5.74) is 0. The molecule has 0 fully saturated rings. The Morgan fingerprint density at radius 1 is 0.583 bits per heavy atom. The van der Waals surface area contributed by atoms with Crippen molar-refractivity contribution in [2.75, 3.05) is 14.2 Å². The molecular weight excluding hydrogens is 500 g/mol. The summed E-state index contributed by atoms with van der Waals surface area (Å²) < 4.78 is 27.7. The number of ether oxygens (including phenoxy) is 2. The van der Waals surface area contributed by atoms with Crippen LogP contribution < -0.4 is 19.3 Å². The second-order valence-electron chi connectivity index (χ2n) is 5.21. The van der Waals surface area contributed by atoms with E-state index in [2.05, 4.69) is 24.3 Å². The summed E-state index contributed by atoms with van der Waals surface area (Å²) in [5, 5.41) is 0. The van der Waals surface area contributed by atoms with E-state index in [1.54, 1.807) is 26.4 Å². The Hall–Kier alpha value is -1.93. The summed E-state index contributed by atoms with van der Waals surface area (Å²) >= 11 is -2.46. The predicted molar refractivity (Wildman–Crippen MR) is 97.0 cm³/mol. The van der Waals surface area contributed by atoms with Crippen LogP contribution in [0.2, 0.25) is 0 Å². The molecule has 0 atom stereocenters. The van der Waals surface area contributed by atoms with Gasteiger partial charge in [0, 0.05) is 0 Å². The van der Waals surface area contributed by atoms with E-state index in [-0.39, 0.29) is 5.82 Å². The van der Waals surface area contributed by atoms with Gasteiger partial charge in [-0.25, -0.2) is 0 Å². The van der Waals surface area contributed by atoms with Gasteiger partial charge in [0.25, 0.3) is 0 Å². The van der Waals surface area contributed by atoms with Crippen LogP contribution in [-0.2, 0) is 0 Å². The third-order valence-corrected chi connectivity index (χ3v) is 13.2. The van der Waals surface area contributed by atoms with E-state index in [1.807, 2.05) is 36.4 Å². The minimum atomic E-state index is -2.46. The van der Waals surface area contributed by atoms with Crippen LogP contribution in [0.3, 0.4) is 0 Å². The maximum atomic E-state index is 13.3. The average Bonchev–Trinajstić information content (AvgIpc) is 2.64. The van der Waals surface area contributed by atoms with Gasteiger partial charge in [0.15, 0.2) is 0 Å². The first-order valence-corrected chi connectivity index (χ1v) is 12.8. The number of methoxy groups -OCH3 is 2. The van der Waals surface area contributed by atoms with Gasteiger partial charge in [0.1, 0.15) is 0 Å². The molecular formula is C20H18BiFO2. The Balaban J connectivity index is 2.06. The fraction of sp³-hybridized carbons (Fsp3) is 0.100. The van der Waals surface area contributed by atoms with Gasteiger partial charge in [-0.3, -0.25) is 0 Å². The average molecular weight is 518 g/mol. The summed E-state index contributed by atoms with van der Waals surface area (Å²) in [7, 11) is 3.33. The van der Waals surface area contributed by atoms with Crippen LogP contribution in [0.1, 0.15) is 0 Å². The molecule has 0 aliphatic heterocycles. The summed E-state index contributed by atoms with van der Waals surface area (Å²) in [6.07, 6.45) is 0. The van der Waals surface area contributed by atoms with Crippen molar-refractivity contribution in [3.05, 3.63) is 78.6 Å². The van der Waals surface area contributed by atoms with Crippen molar-refractivity contribution in [1.29, 1.82) is 0 Å². The molecule has 3 rings (SSSR count). The quantitative estimate of drug-likeness (QED) is 0.484. The van der Waals surface area contributed by atoms with Gasteiger partial charge in [-0.1, -0.05) is 0 Å². The monoisotopic (exact) mass is 518 g/mol. The summed E-state index contributed by atoms with van der Waals surface area (Å²) in [6.45, 7) is 0. The van der Waals surface area contributed by atoms with Crippen molar-refractivity contribution < 1.29 is 13.9 Å². The second kappa shape index (κ2) is 7.76. The number of hydrogen-bond donors (Lipinski definition) is 0. The molecule has 0 heterocycles. The Bertz CT molecular complexity index is 736. The van der Waals surface area contributed by atoms with Crippen molar-refractivity contribution in [3.63, 3.8) is 0 Å². The van der Waals surface area contributed by atoms with E-state index in [9.17, 15) is 4.39 Å². The first kappa shape index (κ1) is 16.9. The summed E-state index contributed by atoms with van der Waals surface area (Å²) in [6, 6.07) is 23.4. The standard InChI is InChI=1S/2C7H7O.C6H4F.Bi/c2*1-8-7-5-3-2-4-6-7;7-6-4-2-1-3-5-6;/h2*3-6H,1H3;2-5H;. The zero-order valence-corrected chi connectivity index (χ0v) is 17.0. The molecule has 0 N–H and O–H groups in total. The SMILES string of the molecule is COc1cc[c]([Bi]([c]2ccc(F)cc2)[c]2ccc(OC)cc2)cc1. The van der Waals surface area contributed by atoms with E-state index in [4.69, 9.17) is 9.47 Å². The Morgan fingerprint density at radius 3 is 1.25 bits per heavy atom. The Morgan fingerprint density at radius 2 is 0.917 bits per heavy atom. The molecule has 122 valence electrons. The number of rotatable bonds is 5. The third-order valence-electron chi connectivity index (χ3n) is 3.75. The Labute approximate surface area is 149 Å². The van der Waals surface area contributed by atoms with Crippen molar-refractivity contribution in [1.82, 2.24) is 0 Å². The van der Waals surface area contributed by atoms with E-state index in [1.165, 1.54) is 9.81 Å². The molecule has 0 saturated carbocycles. The molecule has 24 heavy (non-hydrogen) atoms. The Kier molecular flexibility index (Phi) is 5.47. The minimum absolute atomic E-state index is 0.202. The van der Waals surface area contributed by atoms with Crippen LogP contribution in [-0.4, -0.2) is 36.0 Å². The van der Waals surface area contributed by atoms with Crippen molar-refractivity contribution in [2.24, 2.45) is 0 Å². The predicted octanol–water partition coefficient (Wildman–Crippen LogP) is 2.36.